The average molecular weight is 297 g/mol. The van der Waals surface area contributed by atoms with Crippen molar-refractivity contribution < 1.29 is 0 Å². The molecular weight excluding hydrogens is 274 g/mol. The molecule has 0 saturated carbocycles. The summed E-state index contributed by atoms with van der Waals surface area (Å²) in [4.78, 5) is 11.0. The van der Waals surface area contributed by atoms with Gasteiger partial charge in [-0.05, 0) is 18.4 Å². The highest BCUT2D eigenvalue weighted by Gasteiger charge is 2.16. The predicted molar refractivity (Wildman–Crippen MR) is 90.9 cm³/mol. The number of nitrogens with zero attached hydrogens (tertiary/aromatic N) is 3. The zero-order chi connectivity index (χ0) is 15.2. The fourth-order valence-electron chi connectivity index (χ4n) is 2.84. The maximum atomic E-state index is 6.30. The number of nitrogen functional groups attached to an aromatic ring is 1. The summed E-state index contributed by atoms with van der Waals surface area (Å²) >= 11 is 0. The normalized spacial score (nSPS) is 15.4. The van der Waals surface area contributed by atoms with Crippen LogP contribution in [0.25, 0.3) is 0 Å². The molecule has 5 nitrogen and oxygen atoms in total. The van der Waals surface area contributed by atoms with Crippen molar-refractivity contribution >= 4 is 17.3 Å². The van der Waals surface area contributed by atoms with Crippen LogP contribution < -0.4 is 16.0 Å². The molecule has 3 rings (SSSR count). The van der Waals surface area contributed by atoms with Crippen molar-refractivity contribution in [1.82, 2.24) is 9.97 Å². The van der Waals surface area contributed by atoms with Crippen LogP contribution in [0.5, 0.6) is 0 Å². The van der Waals surface area contributed by atoms with Gasteiger partial charge in [-0.2, -0.15) is 0 Å². The molecule has 0 atom stereocenters. The molecule has 2 aromatic rings. The Morgan fingerprint density at radius 1 is 1.00 bits per heavy atom. The Hall–Kier alpha value is -2.30. The Morgan fingerprint density at radius 3 is 2.45 bits per heavy atom. The van der Waals surface area contributed by atoms with E-state index in [1.165, 1.54) is 31.2 Å². The van der Waals surface area contributed by atoms with Gasteiger partial charge in [-0.15, -0.1) is 0 Å². The van der Waals surface area contributed by atoms with Crippen LogP contribution in [-0.2, 0) is 6.54 Å². The van der Waals surface area contributed by atoms with E-state index in [1.54, 1.807) is 6.33 Å². The van der Waals surface area contributed by atoms with E-state index >= 15 is 0 Å². The first-order chi connectivity index (χ1) is 10.8. The predicted octanol–water partition coefficient (Wildman–Crippen LogP) is 3.05. The van der Waals surface area contributed by atoms with Gasteiger partial charge in [0.05, 0.1) is 0 Å². The zero-order valence-electron chi connectivity index (χ0n) is 12.8. The van der Waals surface area contributed by atoms with Crippen LogP contribution in [0.4, 0.5) is 17.3 Å². The number of rotatable bonds is 4. The summed E-state index contributed by atoms with van der Waals surface area (Å²) < 4.78 is 0. The second-order valence-electron chi connectivity index (χ2n) is 5.70. The highest BCUT2D eigenvalue weighted by atomic mass is 15.2. The van der Waals surface area contributed by atoms with Crippen molar-refractivity contribution in [1.29, 1.82) is 0 Å². The lowest BCUT2D eigenvalue weighted by molar-refractivity contribution is 0.726. The quantitative estimate of drug-likeness (QED) is 0.908. The Labute approximate surface area is 131 Å². The lowest BCUT2D eigenvalue weighted by atomic mass is 10.2. The SMILES string of the molecule is Nc1c(NCc2ccccc2)ncnc1N1CCCCCC1. The monoisotopic (exact) mass is 297 g/mol. The first-order valence-corrected chi connectivity index (χ1v) is 7.98. The number of anilines is 3. The average Bonchev–Trinajstić information content (AvgIpc) is 2.84. The molecule has 3 N–H and O–H groups in total. The minimum Gasteiger partial charge on any atom is -0.393 e. The molecule has 0 amide bonds. The van der Waals surface area contributed by atoms with Crippen LogP contribution in [0.3, 0.4) is 0 Å². The summed E-state index contributed by atoms with van der Waals surface area (Å²) in [6, 6.07) is 10.2. The summed E-state index contributed by atoms with van der Waals surface area (Å²) in [6.45, 7) is 2.76. The second kappa shape index (κ2) is 7.11. The molecule has 1 aliphatic rings. The van der Waals surface area contributed by atoms with Gasteiger partial charge in [-0.3, -0.25) is 0 Å². The van der Waals surface area contributed by atoms with Crippen LogP contribution in [0.15, 0.2) is 36.7 Å². The Morgan fingerprint density at radius 2 is 1.73 bits per heavy atom. The molecule has 22 heavy (non-hydrogen) atoms. The molecule has 5 heteroatoms. The van der Waals surface area contributed by atoms with Gasteiger partial charge >= 0.3 is 0 Å². The maximum Gasteiger partial charge on any atom is 0.157 e. The molecule has 1 saturated heterocycles. The van der Waals surface area contributed by atoms with E-state index < -0.39 is 0 Å². The number of nitrogens with two attached hydrogens (primary N) is 1. The Kier molecular flexibility index (Phi) is 4.73. The minimum absolute atomic E-state index is 0.653. The molecule has 0 bridgehead atoms. The van der Waals surface area contributed by atoms with Gasteiger partial charge in [0, 0.05) is 19.6 Å². The van der Waals surface area contributed by atoms with Gasteiger partial charge in [0.15, 0.2) is 11.6 Å². The molecule has 1 fully saturated rings. The van der Waals surface area contributed by atoms with E-state index in [0.29, 0.717) is 12.2 Å². The van der Waals surface area contributed by atoms with Crippen LogP contribution in [0, 0.1) is 0 Å². The van der Waals surface area contributed by atoms with E-state index in [-0.39, 0.29) is 0 Å². The van der Waals surface area contributed by atoms with Gasteiger partial charge in [0.1, 0.15) is 12.0 Å². The van der Waals surface area contributed by atoms with Crippen molar-refractivity contribution in [3.05, 3.63) is 42.2 Å². The van der Waals surface area contributed by atoms with E-state index in [9.17, 15) is 0 Å². The largest absolute Gasteiger partial charge is 0.393 e. The van der Waals surface area contributed by atoms with Crippen molar-refractivity contribution in [2.45, 2.75) is 32.2 Å². The van der Waals surface area contributed by atoms with Gasteiger partial charge in [-0.1, -0.05) is 43.2 Å². The highest BCUT2D eigenvalue weighted by Crippen LogP contribution is 2.28. The van der Waals surface area contributed by atoms with E-state index in [1.807, 2.05) is 18.2 Å². The molecule has 1 aliphatic heterocycles. The number of hydrogen-bond donors (Lipinski definition) is 2. The van der Waals surface area contributed by atoms with Crippen LogP contribution in [0.1, 0.15) is 31.2 Å². The lowest BCUT2D eigenvalue weighted by Crippen LogP contribution is -2.26. The fourth-order valence-corrected chi connectivity index (χ4v) is 2.84. The third-order valence-corrected chi connectivity index (χ3v) is 4.07. The summed E-state index contributed by atoms with van der Waals surface area (Å²) in [7, 11) is 0. The van der Waals surface area contributed by atoms with Crippen LogP contribution in [0.2, 0.25) is 0 Å². The fraction of sp³-hybridized carbons (Fsp3) is 0.412. The number of aromatic nitrogens is 2. The number of hydrogen-bond acceptors (Lipinski definition) is 5. The van der Waals surface area contributed by atoms with Crippen molar-refractivity contribution in [3.63, 3.8) is 0 Å². The molecule has 1 aromatic heterocycles. The summed E-state index contributed by atoms with van der Waals surface area (Å²) in [5.74, 6) is 1.59. The minimum atomic E-state index is 0.653. The smallest absolute Gasteiger partial charge is 0.157 e. The van der Waals surface area contributed by atoms with Gasteiger partial charge in [0.2, 0.25) is 0 Å². The first-order valence-electron chi connectivity index (χ1n) is 7.98. The topological polar surface area (TPSA) is 67.1 Å². The summed E-state index contributed by atoms with van der Waals surface area (Å²) in [6.07, 6.45) is 6.59. The molecule has 116 valence electrons. The first kappa shape index (κ1) is 14.6. The maximum absolute atomic E-state index is 6.30. The molecule has 0 unspecified atom stereocenters. The van der Waals surface area contributed by atoms with E-state index in [2.05, 4.69) is 32.3 Å². The highest BCUT2D eigenvalue weighted by molar-refractivity contribution is 5.74. The van der Waals surface area contributed by atoms with Crippen molar-refractivity contribution in [2.24, 2.45) is 0 Å². The van der Waals surface area contributed by atoms with Crippen molar-refractivity contribution in [3.8, 4) is 0 Å². The van der Waals surface area contributed by atoms with E-state index in [0.717, 1.165) is 24.7 Å². The second-order valence-corrected chi connectivity index (χ2v) is 5.70. The summed E-state index contributed by atoms with van der Waals surface area (Å²) in [5, 5.41) is 3.32. The number of nitrogens with one attached hydrogen (secondary N) is 1. The van der Waals surface area contributed by atoms with Gasteiger partial charge in [0.25, 0.3) is 0 Å². The van der Waals surface area contributed by atoms with E-state index in [4.69, 9.17) is 5.73 Å². The van der Waals surface area contributed by atoms with Gasteiger partial charge in [-0.25, -0.2) is 9.97 Å². The summed E-state index contributed by atoms with van der Waals surface area (Å²) in [5.41, 5.74) is 8.16. The van der Waals surface area contributed by atoms with Crippen LogP contribution in [-0.4, -0.2) is 23.1 Å². The molecule has 2 heterocycles. The molecule has 0 radical (unpaired) electrons. The molecule has 0 spiro atoms. The lowest BCUT2D eigenvalue weighted by Gasteiger charge is -2.23. The molecule has 0 aliphatic carbocycles. The number of benzene rings is 1. The molecular formula is C17H23N5. The van der Waals surface area contributed by atoms with Gasteiger partial charge < -0.3 is 16.0 Å². The molecule has 1 aromatic carbocycles. The third kappa shape index (κ3) is 3.47. The zero-order valence-corrected chi connectivity index (χ0v) is 12.8. The van der Waals surface area contributed by atoms with Crippen LogP contribution >= 0.6 is 0 Å². The van der Waals surface area contributed by atoms with Crippen molar-refractivity contribution in [2.75, 3.05) is 29.0 Å². The third-order valence-electron chi connectivity index (χ3n) is 4.07. The Balaban J connectivity index is 1.73. The Bertz CT molecular complexity index is 591. The standard InChI is InChI=1S/C17H23N5/c18-15-16(19-12-14-8-4-3-5-9-14)20-13-21-17(15)22-10-6-1-2-7-11-22/h3-5,8-9,13H,1-2,6-7,10-12,18H2,(H,19,20,21).